The summed E-state index contributed by atoms with van der Waals surface area (Å²) in [6, 6.07) is 0. The Hall–Kier alpha value is -1.23. The predicted molar refractivity (Wildman–Crippen MR) is 101 cm³/mol. The van der Waals surface area contributed by atoms with Crippen LogP contribution in [-0.4, -0.2) is 35.3 Å². The Morgan fingerprint density at radius 3 is 2.54 bits per heavy atom. The van der Waals surface area contributed by atoms with E-state index in [0.29, 0.717) is 18.3 Å². The number of rotatable bonds is 2. The maximum Gasteiger partial charge on any atom is 0.302 e. The summed E-state index contributed by atoms with van der Waals surface area (Å²) in [5.41, 5.74) is -0.569. The topological polar surface area (TPSA) is 73.0 Å². The molecule has 4 aliphatic carbocycles. The number of epoxide rings is 1. The first-order chi connectivity index (χ1) is 13.1. The fraction of sp³-hybridized carbons (Fsp3) is 0.870. The van der Waals surface area contributed by atoms with Crippen LogP contribution in [0.2, 0.25) is 0 Å². The molecule has 5 fully saturated rings. The lowest BCUT2D eigenvalue weighted by Gasteiger charge is -2.61. The van der Waals surface area contributed by atoms with Gasteiger partial charge >= 0.3 is 5.97 Å². The van der Waals surface area contributed by atoms with Gasteiger partial charge in [-0.25, -0.2) is 0 Å². The zero-order chi connectivity index (χ0) is 20.1. The third-order valence-electron chi connectivity index (χ3n) is 9.67. The average molecular weight is 389 g/mol. The van der Waals surface area contributed by atoms with E-state index in [1.807, 2.05) is 0 Å². The second kappa shape index (κ2) is 5.68. The van der Waals surface area contributed by atoms with Crippen molar-refractivity contribution in [3.63, 3.8) is 0 Å². The van der Waals surface area contributed by atoms with Crippen molar-refractivity contribution >= 4 is 17.5 Å². The van der Waals surface area contributed by atoms with Gasteiger partial charge in [-0.05, 0) is 62.7 Å². The lowest BCUT2D eigenvalue weighted by atomic mass is 9.43. The Labute approximate surface area is 166 Å². The highest BCUT2D eigenvalue weighted by molar-refractivity contribution is 5.88. The number of Topliss-reactive ketones (excluding diaryl/α,β-unsaturated/α-hetero) is 2. The van der Waals surface area contributed by atoms with Crippen molar-refractivity contribution in [2.75, 3.05) is 0 Å². The second-order valence-electron chi connectivity index (χ2n) is 10.7. The summed E-state index contributed by atoms with van der Waals surface area (Å²) in [6.07, 6.45) is 5.67. The molecule has 0 radical (unpaired) electrons. The SMILES string of the molecule is CC(=O)O[C@@H]1C[C@@]2(C)[C@H](CC[C@H]2C(C)=O)[C@@H]2CC[C@@]34O[C@@H]3C(=O)CC[C@]4(C)[C@H]21. The Kier molecular flexibility index (Phi) is 3.81. The van der Waals surface area contributed by atoms with Crippen LogP contribution in [0.4, 0.5) is 0 Å². The number of hydrogen-bond acceptors (Lipinski definition) is 5. The van der Waals surface area contributed by atoms with Gasteiger partial charge in [-0.1, -0.05) is 13.8 Å². The molecule has 0 aromatic heterocycles. The molecule has 4 saturated carbocycles. The van der Waals surface area contributed by atoms with Crippen LogP contribution < -0.4 is 0 Å². The molecule has 0 unspecified atom stereocenters. The van der Waals surface area contributed by atoms with Gasteiger partial charge < -0.3 is 9.47 Å². The van der Waals surface area contributed by atoms with Crippen LogP contribution in [0, 0.1) is 34.5 Å². The van der Waals surface area contributed by atoms with Crippen LogP contribution in [0.25, 0.3) is 0 Å². The van der Waals surface area contributed by atoms with Crippen molar-refractivity contribution in [3.8, 4) is 0 Å². The van der Waals surface area contributed by atoms with E-state index >= 15 is 0 Å². The molecule has 0 aromatic rings. The molecule has 1 saturated heterocycles. The van der Waals surface area contributed by atoms with Crippen molar-refractivity contribution in [3.05, 3.63) is 0 Å². The Morgan fingerprint density at radius 1 is 1.11 bits per heavy atom. The van der Waals surface area contributed by atoms with E-state index in [9.17, 15) is 14.4 Å². The first-order valence-corrected chi connectivity index (χ1v) is 11.0. The minimum atomic E-state index is -0.339. The fourth-order valence-corrected chi connectivity index (χ4v) is 8.57. The van der Waals surface area contributed by atoms with E-state index in [-0.39, 0.29) is 58.0 Å². The maximum atomic E-state index is 12.4. The molecule has 5 aliphatic rings. The van der Waals surface area contributed by atoms with Gasteiger partial charge in [0.15, 0.2) is 5.78 Å². The number of ketones is 2. The van der Waals surface area contributed by atoms with Crippen LogP contribution in [0.3, 0.4) is 0 Å². The van der Waals surface area contributed by atoms with E-state index in [2.05, 4.69) is 13.8 Å². The molecule has 1 heterocycles. The lowest BCUT2D eigenvalue weighted by molar-refractivity contribution is -0.193. The second-order valence-corrected chi connectivity index (χ2v) is 10.7. The third-order valence-corrected chi connectivity index (χ3v) is 9.67. The summed E-state index contributed by atoms with van der Waals surface area (Å²) < 4.78 is 12.1. The molecule has 5 nitrogen and oxygen atoms in total. The van der Waals surface area contributed by atoms with Crippen LogP contribution >= 0.6 is 0 Å². The van der Waals surface area contributed by atoms with E-state index in [4.69, 9.17) is 9.47 Å². The van der Waals surface area contributed by atoms with Gasteiger partial charge in [0.25, 0.3) is 0 Å². The monoisotopic (exact) mass is 388 g/mol. The molecule has 0 bridgehead atoms. The fourth-order valence-electron chi connectivity index (χ4n) is 8.57. The van der Waals surface area contributed by atoms with Crippen molar-refractivity contribution in [2.24, 2.45) is 34.5 Å². The molecule has 0 N–H and O–H groups in total. The number of carbonyl (C=O) groups is 3. The largest absolute Gasteiger partial charge is 0.462 e. The van der Waals surface area contributed by atoms with Crippen LogP contribution in [-0.2, 0) is 23.9 Å². The quantitative estimate of drug-likeness (QED) is 0.535. The van der Waals surface area contributed by atoms with Gasteiger partial charge in [0.2, 0.25) is 0 Å². The maximum absolute atomic E-state index is 12.4. The smallest absolute Gasteiger partial charge is 0.302 e. The summed E-state index contributed by atoms with van der Waals surface area (Å²) >= 11 is 0. The Bertz CT molecular complexity index is 760. The Morgan fingerprint density at radius 2 is 1.86 bits per heavy atom. The van der Waals surface area contributed by atoms with E-state index in [0.717, 1.165) is 38.5 Å². The number of hydrogen-bond donors (Lipinski definition) is 0. The Balaban J connectivity index is 1.57. The zero-order valence-corrected chi connectivity index (χ0v) is 17.5. The third kappa shape index (κ3) is 2.15. The first kappa shape index (κ1) is 18.8. The van der Waals surface area contributed by atoms with Crippen LogP contribution in [0.5, 0.6) is 0 Å². The molecular weight excluding hydrogens is 356 g/mol. The molecule has 9 atom stereocenters. The predicted octanol–water partition coefficient (Wildman–Crippen LogP) is 3.48. The molecule has 0 aromatic carbocycles. The zero-order valence-electron chi connectivity index (χ0n) is 17.5. The molecule has 0 amide bonds. The summed E-state index contributed by atoms with van der Waals surface area (Å²) in [4.78, 5) is 36.8. The van der Waals surface area contributed by atoms with Gasteiger partial charge in [-0.2, -0.15) is 0 Å². The summed E-state index contributed by atoms with van der Waals surface area (Å²) in [5, 5.41) is 0. The summed E-state index contributed by atoms with van der Waals surface area (Å²) in [7, 11) is 0. The van der Waals surface area contributed by atoms with Crippen molar-refractivity contribution in [1.29, 1.82) is 0 Å². The molecule has 1 spiro atoms. The highest BCUT2D eigenvalue weighted by Gasteiger charge is 2.78. The number of carbonyl (C=O) groups excluding carboxylic acids is 3. The number of fused-ring (bicyclic) bond motifs is 4. The normalized spacial score (nSPS) is 54.1. The van der Waals surface area contributed by atoms with Crippen LogP contribution in [0.15, 0.2) is 0 Å². The van der Waals surface area contributed by atoms with Gasteiger partial charge in [0.1, 0.15) is 23.6 Å². The molecule has 154 valence electrons. The summed E-state index contributed by atoms with van der Waals surface area (Å²) in [5.74, 6) is 1.48. The standard InChI is InChI=1S/C23H32O5/c1-12(24)15-5-6-16-14-7-10-23-20(28-23)17(26)8-9-22(23,4)19(14)18(27-13(2)25)11-21(15,16)3/h14-16,18-20H,5-11H2,1-4H3/t14-,15-,16+,18+,19+,20+,21+,22+,23+/m0/s1. The van der Waals surface area contributed by atoms with Gasteiger partial charge in [0.05, 0.1) is 0 Å². The number of esters is 1. The average Bonchev–Trinajstić information content (AvgIpc) is 3.25. The van der Waals surface area contributed by atoms with Crippen molar-refractivity contribution < 1.29 is 23.9 Å². The molecular formula is C23H32O5. The molecule has 1 aliphatic heterocycles. The molecule has 28 heavy (non-hydrogen) atoms. The van der Waals surface area contributed by atoms with E-state index in [1.54, 1.807) is 6.92 Å². The van der Waals surface area contributed by atoms with Crippen LogP contribution in [0.1, 0.15) is 72.6 Å². The minimum Gasteiger partial charge on any atom is -0.462 e. The lowest BCUT2D eigenvalue weighted by Crippen LogP contribution is -2.63. The molecule has 5 heteroatoms. The van der Waals surface area contributed by atoms with E-state index in [1.165, 1.54) is 6.92 Å². The van der Waals surface area contributed by atoms with Crippen molar-refractivity contribution in [2.45, 2.75) is 90.4 Å². The van der Waals surface area contributed by atoms with E-state index < -0.39 is 0 Å². The van der Waals surface area contributed by atoms with Crippen molar-refractivity contribution in [1.82, 2.24) is 0 Å². The van der Waals surface area contributed by atoms with Gasteiger partial charge in [0, 0.05) is 30.6 Å². The first-order valence-electron chi connectivity index (χ1n) is 11.0. The summed E-state index contributed by atoms with van der Waals surface area (Å²) in [6.45, 7) is 7.75. The van der Waals surface area contributed by atoms with Gasteiger partial charge in [-0.15, -0.1) is 0 Å². The minimum absolute atomic E-state index is 0.0676. The highest BCUT2D eigenvalue weighted by atomic mass is 16.6. The van der Waals surface area contributed by atoms with Gasteiger partial charge in [-0.3, -0.25) is 14.4 Å². The molecule has 5 rings (SSSR count). The number of ether oxygens (including phenoxy) is 2. The highest BCUT2D eigenvalue weighted by Crippen LogP contribution is 2.73.